The molecule has 3 rings (SSSR count). The van der Waals surface area contributed by atoms with Crippen molar-refractivity contribution in [3.63, 3.8) is 0 Å². The number of anilines is 1. The Hall–Kier alpha value is -2.63. The number of aromatic nitrogens is 1. The summed E-state index contributed by atoms with van der Waals surface area (Å²) in [6.07, 6.45) is 3.80. The van der Waals surface area contributed by atoms with Gasteiger partial charge in [-0.05, 0) is 37.0 Å². The van der Waals surface area contributed by atoms with E-state index in [0.29, 0.717) is 0 Å². The van der Waals surface area contributed by atoms with Gasteiger partial charge in [-0.25, -0.2) is 9.37 Å². The highest BCUT2D eigenvalue weighted by atomic mass is 19.1. The summed E-state index contributed by atoms with van der Waals surface area (Å²) in [4.78, 5) is 17.0. The molecule has 0 unspecified atom stereocenters. The van der Waals surface area contributed by atoms with Gasteiger partial charge in [0.15, 0.2) is 11.6 Å². The second kappa shape index (κ2) is 6.24. The lowest BCUT2D eigenvalue weighted by atomic mass is 10.2. The summed E-state index contributed by atoms with van der Waals surface area (Å²) < 4.78 is 19.6. The standard InChI is InChI=1S/C17H18FN3O2/c1-21(10-11-2-3-11)13-5-6-15(14(18)8-13)23-16-7-4-12(9-20-16)17(19)22/h4-9,11H,2-3,10H2,1H3,(H2,19,22). The number of benzene rings is 1. The van der Waals surface area contributed by atoms with E-state index >= 15 is 0 Å². The van der Waals surface area contributed by atoms with E-state index < -0.39 is 11.7 Å². The van der Waals surface area contributed by atoms with E-state index in [1.165, 1.54) is 37.2 Å². The number of ether oxygens (including phenoxy) is 1. The Kier molecular flexibility index (Phi) is 4.14. The van der Waals surface area contributed by atoms with Crippen molar-refractivity contribution in [2.45, 2.75) is 12.8 Å². The van der Waals surface area contributed by atoms with E-state index in [2.05, 4.69) is 4.98 Å². The van der Waals surface area contributed by atoms with Crippen LogP contribution in [-0.4, -0.2) is 24.5 Å². The monoisotopic (exact) mass is 315 g/mol. The third kappa shape index (κ3) is 3.77. The molecule has 1 aliphatic rings. The molecule has 0 spiro atoms. The summed E-state index contributed by atoms with van der Waals surface area (Å²) in [5, 5.41) is 0. The topological polar surface area (TPSA) is 68.5 Å². The molecular weight excluding hydrogens is 297 g/mol. The number of rotatable bonds is 6. The highest BCUT2D eigenvalue weighted by molar-refractivity contribution is 5.92. The van der Waals surface area contributed by atoms with Gasteiger partial charge in [0.25, 0.3) is 0 Å². The second-order valence-corrected chi connectivity index (χ2v) is 5.79. The van der Waals surface area contributed by atoms with Crippen molar-refractivity contribution >= 4 is 11.6 Å². The SMILES string of the molecule is CN(CC1CC1)c1ccc(Oc2ccc(C(N)=O)cn2)c(F)c1. The van der Waals surface area contributed by atoms with Crippen molar-refractivity contribution in [3.05, 3.63) is 47.9 Å². The van der Waals surface area contributed by atoms with Gasteiger partial charge >= 0.3 is 0 Å². The molecule has 1 aliphatic carbocycles. The van der Waals surface area contributed by atoms with Crippen LogP contribution in [0.1, 0.15) is 23.2 Å². The van der Waals surface area contributed by atoms with Crippen LogP contribution in [0.2, 0.25) is 0 Å². The predicted octanol–water partition coefficient (Wildman–Crippen LogP) is 2.96. The third-order valence-corrected chi connectivity index (χ3v) is 3.82. The first-order chi connectivity index (χ1) is 11.0. The Morgan fingerprint density at radius 3 is 2.74 bits per heavy atom. The van der Waals surface area contributed by atoms with Crippen LogP contribution in [0.15, 0.2) is 36.5 Å². The van der Waals surface area contributed by atoms with Crippen molar-refractivity contribution in [1.82, 2.24) is 4.98 Å². The van der Waals surface area contributed by atoms with E-state index in [1.54, 1.807) is 6.07 Å². The number of nitrogens with two attached hydrogens (primary N) is 1. The minimum absolute atomic E-state index is 0.0906. The number of amides is 1. The molecule has 0 aliphatic heterocycles. The predicted molar refractivity (Wildman–Crippen MR) is 85.2 cm³/mol. The quantitative estimate of drug-likeness (QED) is 0.890. The van der Waals surface area contributed by atoms with Gasteiger partial charge in [0.2, 0.25) is 11.8 Å². The minimum atomic E-state index is -0.571. The van der Waals surface area contributed by atoms with Crippen LogP contribution in [0.3, 0.4) is 0 Å². The fourth-order valence-electron chi connectivity index (χ4n) is 2.30. The Bertz CT molecular complexity index is 714. The normalized spacial score (nSPS) is 13.7. The fraction of sp³-hybridized carbons (Fsp3) is 0.294. The zero-order chi connectivity index (χ0) is 16.4. The van der Waals surface area contributed by atoms with Crippen LogP contribution in [0.5, 0.6) is 11.6 Å². The maximum atomic E-state index is 14.2. The number of primary amides is 1. The third-order valence-electron chi connectivity index (χ3n) is 3.82. The van der Waals surface area contributed by atoms with Gasteiger partial charge in [-0.3, -0.25) is 4.79 Å². The molecule has 120 valence electrons. The summed E-state index contributed by atoms with van der Waals surface area (Å²) in [7, 11) is 1.96. The van der Waals surface area contributed by atoms with Crippen molar-refractivity contribution in [2.75, 3.05) is 18.5 Å². The van der Waals surface area contributed by atoms with Crippen LogP contribution >= 0.6 is 0 Å². The molecule has 1 aromatic carbocycles. The number of carbonyl (C=O) groups is 1. The molecule has 23 heavy (non-hydrogen) atoms. The van der Waals surface area contributed by atoms with E-state index in [9.17, 15) is 9.18 Å². The number of halogens is 1. The van der Waals surface area contributed by atoms with Gasteiger partial charge in [-0.1, -0.05) is 0 Å². The zero-order valence-corrected chi connectivity index (χ0v) is 12.8. The maximum absolute atomic E-state index is 14.2. The lowest BCUT2D eigenvalue weighted by Crippen LogP contribution is -2.19. The average Bonchev–Trinajstić information content (AvgIpc) is 3.33. The molecule has 2 N–H and O–H groups in total. The summed E-state index contributed by atoms with van der Waals surface area (Å²) in [5.41, 5.74) is 6.23. The summed E-state index contributed by atoms with van der Waals surface area (Å²) in [5.74, 6) is -0.00273. The zero-order valence-electron chi connectivity index (χ0n) is 12.8. The van der Waals surface area contributed by atoms with Gasteiger partial charge in [0, 0.05) is 37.6 Å². The lowest BCUT2D eigenvalue weighted by Gasteiger charge is -2.19. The number of hydrogen-bond donors (Lipinski definition) is 1. The molecule has 1 fully saturated rings. The Labute approximate surface area is 133 Å². The van der Waals surface area contributed by atoms with Crippen molar-refractivity contribution < 1.29 is 13.9 Å². The summed E-state index contributed by atoms with van der Waals surface area (Å²) >= 11 is 0. The van der Waals surface area contributed by atoms with Gasteiger partial charge in [0.05, 0.1) is 5.56 Å². The highest BCUT2D eigenvalue weighted by Gasteiger charge is 2.23. The minimum Gasteiger partial charge on any atom is -0.436 e. The Morgan fingerprint density at radius 2 is 2.17 bits per heavy atom. The lowest BCUT2D eigenvalue weighted by molar-refractivity contribution is 0.1000. The highest BCUT2D eigenvalue weighted by Crippen LogP contribution is 2.32. The molecular formula is C17H18FN3O2. The number of nitrogens with zero attached hydrogens (tertiary/aromatic N) is 2. The molecule has 1 aromatic heterocycles. The number of hydrogen-bond acceptors (Lipinski definition) is 4. The van der Waals surface area contributed by atoms with Crippen LogP contribution in [-0.2, 0) is 0 Å². The molecule has 0 atom stereocenters. The van der Waals surface area contributed by atoms with Gasteiger partial charge < -0.3 is 15.4 Å². The largest absolute Gasteiger partial charge is 0.436 e. The van der Waals surface area contributed by atoms with Crippen LogP contribution in [0.4, 0.5) is 10.1 Å². The van der Waals surface area contributed by atoms with Crippen LogP contribution < -0.4 is 15.4 Å². The van der Waals surface area contributed by atoms with Crippen molar-refractivity contribution in [3.8, 4) is 11.6 Å². The first-order valence-corrected chi connectivity index (χ1v) is 7.47. The maximum Gasteiger partial charge on any atom is 0.250 e. The van der Waals surface area contributed by atoms with Gasteiger partial charge in [0.1, 0.15) is 0 Å². The molecule has 2 aromatic rings. The first kappa shape index (κ1) is 15.3. The molecule has 0 radical (unpaired) electrons. The van der Waals surface area contributed by atoms with Crippen LogP contribution in [0.25, 0.3) is 0 Å². The molecule has 5 nitrogen and oxygen atoms in total. The number of carbonyl (C=O) groups excluding carboxylic acids is 1. The Balaban J connectivity index is 1.71. The van der Waals surface area contributed by atoms with Crippen molar-refractivity contribution in [2.24, 2.45) is 11.7 Å². The summed E-state index contributed by atoms with van der Waals surface area (Å²) in [6, 6.07) is 7.82. The smallest absolute Gasteiger partial charge is 0.250 e. The van der Waals surface area contributed by atoms with Crippen molar-refractivity contribution in [1.29, 1.82) is 0 Å². The van der Waals surface area contributed by atoms with E-state index in [-0.39, 0.29) is 17.2 Å². The summed E-state index contributed by atoms with van der Waals surface area (Å²) in [6.45, 7) is 0.940. The average molecular weight is 315 g/mol. The second-order valence-electron chi connectivity index (χ2n) is 5.79. The molecule has 1 amide bonds. The Morgan fingerprint density at radius 1 is 1.39 bits per heavy atom. The molecule has 1 saturated carbocycles. The van der Waals surface area contributed by atoms with E-state index in [4.69, 9.17) is 10.5 Å². The number of pyridine rings is 1. The first-order valence-electron chi connectivity index (χ1n) is 7.47. The van der Waals surface area contributed by atoms with Crippen LogP contribution in [0, 0.1) is 11.7 Å². The molecule has 6 heteroatoms. The molecule has 1 heterocycles. The molecule has 0 bridgehead atoms. The fourth-order valence-corrected chi connectivity index (χ4v) is 2.30. The molecule has 0 saturated heterocycles. The van der Waals surface area contributed by atoms with Gasteiger partial charge in [-0.2, -0.15) is 0 Å². The van der Waals surface area contributed by atoms with E-state index in [1.807, 2.05) is 18.0 Å². The van der Waals surface area contributed by atoms with E-state index in [0.717, 1.165) is 18.2 Å². The van der Waals surface area contributed by atoms with Gasteiger partial charge in [-0.15, -0.1) is 0 Å².